The number of hydrogen-bond acceptors (Lipinski definition) is 5. The van der Waals surface area contributed by atoms with Crippen LogP contribution in [-0.2, 0) is 9.59 Å². The predicted molar refractivity (Wildman–Crippen MR) is 129 cm³/mol. The molecule has 4 saturated carbocycles. The lowest BCUT2D eigenvalue weighted by atomic mass is 9.49. The van der Waals surface area contributed by atoms with Gasteiger partial charge in [-0.2, -0.15) is 0 Å². The average molecular weight is 463 g/mol. The molecule has 4 rings (SSSR count). The van der Waals surface area contributed by atoms with Crippen molar-refractivity contribution in [3.63, 3.8) is 0 Å². The van der Waals surface area contributed by atoms with Gasteiger partial charge in [0, 0.05) is 19.0 Å². The normalized spacial score (nSPS) is 30.1. The van der Waals surface area contributed by atoms with Crippen molar-refractivity contribution in [1.82, 2.24) is 16.0 Å². The van der Waals surface area contributed by atoms with Crippen LogP contribution in [0.25, 0.3) is 0 Å². The maximum Gasteiger partial charge on any atom is 0.475 e. The Morgan fingerprint density at radius 3 is 2.15 bits per heavy atom. The number of guanidine groups is 1. The van der Waals surface area contributed by atoms with Crippen LogP contribution in [0.15, 0.2) is 4.99 Å². The summed E-state index contributed by atoms with van der Waals surface area (Å²) in [5, 5.41) is 28.3. The highest BCUT2D eigenvalue weighted by Gasteiger charge is 2.55. The fourth-order valence-corrected chi connectivity index (χ4v) is 6.62. The molecule has 0 saturated heterocycles. The molecule has 7 N–H and O–H groups in total. The van der Waals surface area contributed by atoms with Crippen molar-refractivity contribution >= 4 is 24.9 Å². The molecule has 0 aromatic carbocycles. The van der Waals surface area contributed by atoms with Gasteiger partial charge in [-0.3, -0.25) is 14.6 Å². The molecule has 4 bridgehead atoms. The first-order valence-corrected chi connectivity index (χ1v) is 12.6. The van der Waals surface area contributed by atoms with Crippen LogP contribution in [-0.4, -0.2) is 60.5 Å². The van der Waals surface area contributed by atoms with Gasteiger partial charge in [0.15, 0.2) is 5.96 Å². The second kappa shape index (κ2) is 11.1. The van der Waals surface area contributed by atoms with E-state index in [0.29, 0.717) is 49.5 Å². The number of carbonyl (C=O) groups excluding carboxylic acids is 2. The number of hydrogen-bond donors (Lipinski definition) is 6. The highest BCUT2D eigenvalue weighted by molar-refractivity contribution is 6.43. The minimum Gasteiger partial charge on any atom is -0.426 e. The van der Waals surface area contributed by atoms with E-state index in [-0.39, 0.29) is 23.1 Å². The molecule has 4 fully saturated rings. The summed E-state index contributed by atoms with van der Waals surface area (Å²) >= 11 is 0. The van der Waals surface area contributed by atoms with Gasteiger partial charge in [0.25, 0.3) is 0 Å². The van der Waals surface area contributed by atoms with E-state index >= 15 is 0 Å². The number of aliphatic imine (C=N–C) groups is 1. The molecule has 9 nitrogen and oxygen atoms in total. The smallest absolute Gasteiger partial charge is 0.426 e. The molecule has 0 heterocycles. The number of amides is 2. The van der Waals surface area contributed by atoms with Crippen LogP contribution in [0.3, 0.4) is 0 Å². The second-order valence-corrected chi connectivity index (χ2v) is 11.1. The maximum atomic E-state index is 13.6. The Labute approximate surface area is 197 Å². The first-order chi connectivity index (χ1) is 15.6. The quantitative estimate of drug-likeness (QED) is 0.114. The van der Waals surface area contributed by atoms with Gasteiger partial charge in [-0.25, -0.2) is 0 Å². The fourth-order valence-electron chi connectivity index (χ4n) is 6.62. The van der Waals surface area contributed by atoms with Crippen molar-refractivity contribution in [1.29, 1.82) is 0 Å². The number of nitrogens with one attached hydrogen (secondary N) is 3. The highest BCUT2D eigenvalue weighted by Crippen LogP contribution is 2.60. The summed E-state index contributed by atoms with van der Waals surface area (Å²) in [7, 11) is -0.0580. The lowest BCUT2D eigenvalue weighted by Gasteiger charge is -2.55. The molecule has 0 aliphatic heterocycles. The molecular weight excluding hydrogens is 421 g/mol. The second-order valence-electron chi connectivity index (χ2n) is 11.1. The van der Waals surface area contributed by atoms with E-state index < -0.39 is 19.1 Å². The third-order valence-electron chi connectivity index (χ3n) is 7.77. The van der Waals surface area contributed by atoms with E-state index in [0.717, 1.165) is 19.3 Å². The molecule has 0 radical (unpaired) electrons. The van der Waals surface area contributed by atoms with Crippen LogP contribution in [0.1, 0.15) is 71.6 Å². The van der Waals surface area contributed by atoms with Crippen LogP contribution in [0, 0.1) is 29.1 Å². The van der Waals surface area contributed by atoms with Crippen molar-refractivity contribution in [2.24, 2.45) is 39.8 Å². The molecule has 186 valence electrons. The topological polar surface area (TPSA) is 149 Å². The molecule has 2 atom stereocenters. The van der Waals surface area contributed by atoms with Gasteiger partial charge in [0.2, 0.25) is 11.8 Å². The van der Waals surface area contributed by atoms with Crippen LogP contribution < -0.4 is 21.7 Å². The van der Waals surface area contributed by atoms with Crippen LogP contribution in [0.4, 0.5) is 0 Å². The maximum absolute atomic E-state index is 13.6. The summed E-state index contributed by atoms with van der Waals surface area (Å²) in [6.07, 6.45) is 7.97. The monoisotopic (exact) mass is 463 g/mol. The summed E-state index contributed by atoms with van der Waals surface area (Å²) < 4.78 is 0. The Morgan fingerprint density at radius 1 is 1.09 bits per heavy atom. The SMILES string of the molecule is CN=C(N)NCCC[C@H](NC(=O)C12CC3CC(CC(C3)C1)C2)C(=O)N[C@@H](CC(C)C)B(O)O. The van der Waals surface area contributed by atoms with Gasteiger partial charge in [0.05, 0.1) is 5.94 Å². The van der Waals surface area contributed by atoms with Crippen LogP contribution >= 0.6 is 0 Å². The van der Waals surface area contributed by atoms with Gasteiger partial charge in [-0.15, -0.1) is 0 Å². The Hall–Kier alpha value is -1.81. The fraction of sp³-hybridized carbons (Fsp3) is 0.870. The molecular formula is C23H42BN5O4. The summed E-state index contributed by atoms with van der Waals surface area (Å²) in [6.45, 7) is 4.44. The molecule has 0 aromatic heterocycles. The van der Waals surface area contributed by atoms with Crippen LogP contribution in [0.5, 0.6) is 0 Å². The first-order valence-electron chi connectivity index (χ1n) is 12.6. The van der Waals surface area contributed by atoms with E-state index in [9.17, 15) is 19.6 Å². The summed E-state index contributed by atoms with van der Waals surface area (Å²) in [4.78, 5) is 30.6. The van der Waals surface area contributed by atoms with E-state index in [1.165, 1.54) is 19.3 Å². The number of carbonyl (C=O) groups is 2. The van der Waals surface area contributed by atoms with Gasteiger partial charge in [-0.1, -0.05) is 13.8 Å². The lowest BCUT2D eigenvalue weighted by Crippen LogP contribution is -2.59. The van der Waals surface area contributed by atoms with E-state index in [4.69, 9.17) is 5.73 Å². The van der Waals surface area contributed by atoms with E-state index in [2.05, 4.69) is 20.9 Å². The molecule has 4 aliphatic carbocycles. The van der Waals surface area contributed by atoms with Gasteiger partial charge >= 0.3 is 7.12 Å². The van der Waals surface area contributed by atoms with Gasteiger partial charge in [-0.05, 0) is 81.5 Å². The molecule has 4 aliphatic rings. The minimum atomic E-state index is -1.65. The number of rotatable bonds is 11. The van der Waals surface area contributed by atoms with E-state index in [1.807, 2.05) is 13.8 Å². The Kier molecular flexibility index (Phi) is 8.67. The van der Waals surface area contributed by atoms with E-state index in [1.54, 1.807) is 7.05 Å². The Bertz CT molecular complexity index is 694. The van der Waals surface area contributed by atoms with Crippen molar-refractivity contribution < 1.29 is 19.6 Å². The third kappa shape index (κ3) is 6.62. The molecule has 2 amide bonds. The standard InChI is InChI=1S/C23H42BN5O4/c1-14(2)7-19(24(32)33)29-20(30)18(5-4-6-27-22(25)26-3)28-21(31)23-11-15-8-16(12-23)10-17(9-15)13-23/h14-19,32-33H,4-13H2,1-3H3,(H,28,31)(H,29,30)(H3,25,26,27)/t15?,16?,17?,18-,19-,23?/m0/s1. The predicted octanol–water partition coefficient (Wildman–Crippen LogP) is 0.545. The van der Waals surface area contributed by atoms with Gasteiger partial charge in [0.1, 0.15) is 6.04 Å². The van der Waals surface area contributed by atoms with Gasteiger partial charge < -0.3 is 31.7 Å². The Balaban J connectivity index is 1.66. The first kappa shape index (κ1) is 25.8. The molecule has 10 heteroatoms. The molecule has 0 aromatic rings. The van der Waals surface area contributed by atoms with Crippen molar-refractivity contribution in [3.05, 3.63) is 0 Å². The lowest BCUT2D eigenvalue weighted by molar-refractivity contribution is -0.148. The highest BCUT2D eigenvalue weighted by atomic mass is 16.4. The summed E-state index contributed by atoms with van der Waals surface area (Å²) in [5.74, 6) is 1.25. The summed E-state index contributed by atoms with van der Waals surface area (Å²) in [6, 6.07) is -0.736. The number of nitrogens with zero attached hydrogens (tertiary/aromatic N) is 1. The molecule has 0 spiro atoms. The van der Waals surface area contributed by atoms with Crippen molar-refractivity contribution in [2.45, 2.75) is 83.6 Å². The third-order valence-corrected chi connectivity index (χ3v) is 7.77. The minimum absolute atomic E-state index is 0.00528. The van der Waals surface area contributed by atoms with Crippen molar-refractivity contribution in [2.75, 3.05) is 13.6 Å². The summed E-state index contributed by atoms with van der Waals surface area (Å²) in [5.41, 5.74) is 5.33. The zero-order valence-electron chi connectivity index (χ0n) is 20.3. The van der Waals surface area contributed by atoms with Crippen LogP contribution in [0.2, 0.25) is 0 Å². The molecule has 0 unspecified atom stereocenters. The zero-order chi connectivity index (χ0) is 24.2. The zero-order valence-corrected chi connectivity index (χ0v) is 20.3. The number of nitrogens with two attached hydrogens (primary N) is 1. The largest absolute Gasteiger partial charge is 0.475 e. The van der Waals surface area contributed by atoms with Crippen molar-refractivity contribution in [3.8, 4) is 0 Å². The average Bonchev–Trinajstić information content (AvgIpc) is 2.73. The Morgan fingerprint density at radius 2 is 1.67 bits per heavy atom. The molecule has 33 heavy (non-hydrogen) atoms.